The summed E-state index contributed by atoms with van der Waals surface area (Å²) in [7, 11) is 0. The van der Waals surface area contributed by atoms with Crippen LogP contribution in [0.25, 0.3) is 0 Å². The van der Waals surface area contributed by atoms with Gasteiger partial charge in [0, 0.05) is 12.2 Å². The summed E-state index contributed by atoms with van der Waals surface area (Å²) in [5.41, 5.74) is 0. The van der Waals surface area contributed by atoms with Gasteiger partial charge in [-0.1, -0.05) is 0 Å². The summed E-state index contributed by atoms with van der Waals surface area (Å²) in [5, 5.41) is 41.0. The second kappa shape index (κ2) is 9.33. The Bertz CT molecular complexity index is 508. The standard InChI is InChI=1S/C8H8N4O12/c13-7(23-3-5(9(15)16)10(17)18)1-2-8(14)24-4-6(11(19)20)12(21)22/h1-2,5-6H,3-4H2/b2-1+. The number of ether oxygens (including phenoxy) is 2. The van der Waals surface area contributed by atoms with E-state index < -0.39 is 57.2 Å². The van der Waals surface area contributed by atoms with Crippen LogP contribution in [0.15, 0.2) is 12.2 Å². The maximum Gasteiger partial charge on any atom is 0.483 e. The van der Waals surface area contributed by atoms with Crippen molar-refractivity contribution in [2.45, 2.75) is 12.3 Å². The Morgan fingerprint density at radius 2 is 0.958 bits per heavy atom. The summed E-state index contributed by atoms with van der Waals surface area (Å²) in [4.78, 5) is 57.9. The molecule has 0 amide bonds. The average Bonchev–Trinajstić information content (AvgIpc) is 2.43. The molecule has 0 bridgehead atoms. The summed E-state index contributed by atoms with van der Waals surface area (Å²) in [6.45, 7) is -2.41. The van der Waals surface area contributed by atoms with Crippen LogP contribution in [0.3, 0.4) is 0 Å². The molecule has 0 aromatic carbocycles. The Balaban J connectivity index is 4.42. The quantitative estimate of drug-likeness (QED) is 0.142. The summed E-state index contributed by atoms with van der Waals surface area (Å²) in [6.07, 6.45) is -4.05. The number of nitrogens with zero attached hydrogens (tertiary/aromatic N) is 4. The largest absolute Gasteiger partial charge is 0.483 e. The second-order valence-corrected chi connectivity index (χ2v) is 3.70. The zero-order valence-corrected chi connectivity index (χ0v) is 11.4. The fraction of sp³-hybridized carbons (Fsp3) is 0.500. The summed E-state index contributed by atoms with van der Waals surface area (Å²) in [5.74, 6) is -2.75. The van der Waals surface area contributed by atoms with Crippen LogP contribution in [-0.2, 0) is 19.1 Å². The molecule has 0 aliphatic rings. The highest BCUT2D eigenvalue weighted by Gasteiger charge is 2.34. The highest BCUT2D eigenvalue weighted by Crippen LogP contribution is 1.96. The summed E-state index contributed by atoms with van der Waals surface area (Å²) < 4.78 is 8.29. The highest BCUT2D eigenvalue weighted by molar-refractivity contribution is 5.91. The van der Waals surface area contributed by atoms with E-state index in [9.17, 15) is 50.0 Å². The maximum atomic E-state index is 11.1. The predicted molar refractivity (Wildman–Crippen MR) is 66.6 cm³/mol. The van der Waals surface area contributed by atoms with Crippen LogP contribution in [0.5, 0.6) is 0 Å². The molecule has 0 saturated carbocycles. The van der Waals surface area contributed by atoms with E-state index >= 15 is 0 Å². The van der Waals surface area contributed by atoms with Crippen molar-refractivity contribution in [3.8, 4) is 0 Å². The van der Waals surface area contributed by atoms with E-state index in [1.54, 1.807) is 0 Å². The average molecular weight is 352 g/mol. The molecule has 0 atom stereocenters. The second-order valence-electron chi connectivity index (χ2n) is 3.70. The minimum absolute atomic E-state index is 0.368. The Labute approximate surface area is 130 Å². The molecule has 0 unspecified atom stereocenters. The third kappa shape index (κ3) is 7.33. The Hall–Kier alpha value is -3.72. The van der Waals surface area contributed by atoms with Gasteiger partial charge >= 0.3 is 24.3 Å². The van der Waals surface area contributed by atoms with Crippen molar-refractivity contribution in [2.75, 3.05) is 13.2 Å². The molecule has 0 spiro atoms. The van der Waals surface area contributed by atoms with E-state index in [1.165, 1.54) is 0 Å². The molecule has 0 aromatic heterocycles. The molecule has 24 heavy (non-hydrogen) atoms. The van der Waals surface area contributed by atoms with Gasteiger partial charge in [-0.05, 0) is 0 Å². The van der Waals surface area contributed by atoms with Crippen molar-refractivity contribution < 1.29 is 38.8 Å². The van der Waals surface area contributed by atoms with Crippen molar-refractivity contribution in [2.24, 2.45) is 0 Å². The van der Waals surface area contributed by atoms with E-state index in [0.29, 0.717) is 12.2 Å². The zero-order valence-electron chi connectivity index (χ0n) is 11.4. The number of nitro groups is 4. The predicted octanol–water partition coefficient (Wildman–Crippen LogP) is -1.61. The van der Waals surface area contributed by atoms with Crippen molar-refractivity contribution in [3.05, 3.63) is 52.6 Å². The Morgan fingerprint density at radius 3 is 1.17 bits per heavy atom. The van der Waals surface area contributed by atoms with Gasteiger partial charge in [0.15, 0.2) is 0 Å². The molecule has 0 aliphatic heterocycles. The normalized spacial score (nSPS) is 10.6. The van der Waals surface area contributed by atoms with Gasteiger partial charge in [0.1, 0.15) is 0 Å². The van der Waals surface area contributed by atoms with Gasteiger partial charge in [0.2, 0.25) is 13.2 Å². The van der Waals surface area contributed by atoms with Crippen molar-refractivity contribution in [3.63, 3.8) is 0 Å². The van der Waals surface area contributed by atoms with Crippen LogP contribution in [0.1, 0.15) is 0 Å². The van der Waals surface area contributed by atoms with Crippen LogP contribution in [0.4, 0.5) is 0 Å². The summed E-state index contributed by atoms with van der Waals surface area (Å²) in [6, 6.07) is 0. The van der Waals surface area contributed by atoms with E-state index in [1.807, 2.05) is 0 Å². The lowest BCUT2D eigenvalue weighted by atomic mass is 10.5. The lowest BCUT2D eigenvalue weighted by molar-refractivity contribution is -0.743. The van der Waals surface area contributed by atoms with Crippen molar-refractivity contribution >= 4 is 11.9 Å². The number of carbonyl (C=O) groups is 2. The first-order valence-corrected chi connectivity index (χ1v) is 5.61. The van der Waals surface area contributed by atoms with E-state index in [2.05, 4.69) is 9.47 Å². The molecule has 0 aliphatic carbocycles. The SMILES string of the molecule is O=C(/C=C/C(=O)OCC([N+](=O)[O-])[N+](=O)[O-])OCC([N+](=O)[O-])[N+](=O)[O-]. The van der Waals surface area contributed by atoms with Crippen molar-refractivity contribution in [1.29, 1.82) is 0 Å². The molecule has 0 N–H and O–H groups in total. The molecule has 16 nitrogen and oxygen atoms in total. The number of carbonyl (C=O) groups excluding carboxylic acids is 2. The van der Waals surface area contributed by atoms with Gasteiger partial charge in [-0.2, -0.15) is 0 Å². The Morgan fingerprint density at radius 1 is 0.708 bits per heavy atom. The monoisotopic (exact) mass is 352 g/mol. The molecular formula is C8H8N4O12. The summed E-state index contributed by atoms with van der Waals surface area (Å²) >= 11 is 0. The van der Waals surface area contributed by atoms with E-state index in [-0.39, 0.29) is 0 Å². The van der Waals surface area contributed by atoms with Crippen LogP contribution in [-0.4, -0.2) is 57.2 Å². The van der Waals surface area contributed by atoms with E-state index in [4.69, 9.17) is 0 Å². The van der Waals surface area contributed by atoms with Crippen molar-refractivity contribution in [1.82, 2.24) is 0 Å². The number of hydrogen-bond acceptors (Lipinski definition) is 12. The van der Waals surface area contributed by atoms with Gasteiger partial charge in [-0.15, -0.1) is 0 Å². The van der Waals surface area contributed by atoms with Crippen LogP contribution in [0.2, 0.25) is 0 Å². The first kappa shape index (κ1) is 20.3. The molecule has 16 heteroatoms. The number of rotatable bonds is 10. The topological polar surface area (TPSA) is 225 Å². The van der Waals surface area contributed by atoms with Crippen LogP contribution >= 0.6 is 0 Å². The molecule has 0 rings (SSSR count). The molecule has 0 fully saturated rings. The fourth-order valence-corrected chi connectivity index (χ4v) is 0.943. The van der Waals surface area contributed by atoms with Gasteiger partial charge in [-0.25, -0.2) is 9.59 Å². The van der Waals surface area contributed by atoms with E-state index in [0.717, 1.165) is 0 Å². The number of esters is 2. The minimum Gasteiger partial charge on any atom is -0.447 e. The fourth-order valence-electron chi connectivity index (χ4n) is 0.943. The third-order valence-electron chi connectivity index (χ3n) is 2.08. The van der Waals surface area contributed by atoms with Gasteiger partial charge < -0.3 is 9.47 Å². The Kier molecular flexibility index (Phi) is 7.88. The lowest BCUT2D eigenvalue weighted by Crippen LogP contribution is -2.34. The van der Waals surface area contributed by atoms with Gasteiger partial charge in [0.05, 0.1) is 19.7 Å². The highest BCUT2D eigenvalue weighted by atomic mass is 16.7. The van der Waals surface area contributed by atoms with Crippen LogP contribution in [0, 0.1) is 40.5 Å². The first-order valence-electron chi connectivity index (χ1n) is 5.61. The smallest absolute Gasteiger partial charge is 0.447 e. The molecule has 132 valence electrons. The molecule has 0 radical (unpaired) electrons. The molecular weight excluding hydrogens is 344 g/mol. The molecule has 0 saturated heterocycles. The minimum atomic E-state index is -2.39. The molecule has 0 aromatic rings. The third-order valence-corrected chi connectivity index (χ3v) is 2.08. The zero-order chi connectivity index (χ0) is 18.9. The van der Waals surface area contributed by atoms with Gasteiger partial charge in [0.25, 0.3) is 0 Å². The van der Waals surface area contributed by atoms with Gasteiger partial charge in [-0.3, -0.25) is 40.5 Å². The molecule has 0 heterocycles. The maximum absolute atomic E-state index is 11.1. The van der Waals surface area contributed by atoms with Crippen LogP contribution < -0.4 is 0 Å². The number of hydrogen-bond donors (Lipinski definition) is 0. The lowest BCUT2D eigenvalue weighted by Gasteiger charge is -2.03. The first-order chi connectivity index (χ1) is 11.1.